The molecule has 1 amide bonds. The number of rotatable bonds is 3. The molecule has 2 N–H and O–H groups in total. The Bertz CT molecular complexity index is 453. The van der Waals surface area contributed by atoms with Crippen molar-refractivity contribution in [2.45, 2.75) is 19.4 Å². The molecule has 0 saturated carbocycles. The molecule has 0 bridgehead atoms. The Kier molecular flexibility index (Phi) is 4.51. The normalized spacial score (nSPS) is 11.8. The lowest BCUT2D eigenvalue weighted by Gasteiger charge is -2.13. The van der Waals surface area contributed by atoms with E-state index in [9.17, 15) is 9.90 Å². The number of hydrazone groups is 1. The van der Waals surface area contributed by atoms with E-state index in [0.29, 0.717) is 15.6 Å². The zero-order valence-electron chi connectivity index (χ0n) is 9.37. The first-order valence-electron chi connectivity index (χ1n) is 4.82. The van der Waals surface area contributed by atoms with Crippen LogP contribution >= 0.6 is 23.2 Å². The van der Waals surface area contributed by atoms with E-state index >= 15 is 0 Å². The van der Waals surface area contributed by atoms with E-state index < -0.39 is 11.5 Å². The second-order valence-corrected chi connectivity index (χ2v) is 4.69. The highest BCUT2D eigenvalue weighted by atomic mass is 35.5. The topological polar surface area (TPSA) is 61.7 Å². The largest absolute Gasteiger partial charge is 0.381 e. The molecule has 0 aliphatic carbocycles. The Morgan fingerprint density at radius 3 is 2.71 bits per heavy atom. The molecular weight excluding hydrogens is 263 g/mol. The molecule has 1 aromatic rings. The smallest absolute Gasteiger partial charge is 0.271 e. The summed E-state index contributed by atoms with van der Waals surface area (Å²) in [5.41, 5.74) is 1.30. The van der Waals surface area contributed by atoms with Crippen LogP contribution in [0.5, 0.6) is 0 Å². The van der Waals surface area contributed by atoms with Gasteiger partial charge in [-0.25, -0.2) is 5.43 Å². The molecule has 6 heteroatoms. The number of hydrogen-bond donors (Lipinski definition) is 2. The molecule has 0 spiro atoms. The summed E-state index contributed by atoms with van der Waals surface area (Å²) in [6.07, 6.45) is 1.36. The van der Waals surface area contributed by atoms with Gasteiger partial charge in [-0.15, -0.1) is 0 Å². The van der Waals surface area contributed by atoms with Gasteiger partial charge in [-0.3, -0.25) is 4.79 Å². The van der Waals surface area contributed by atoms with Gasteiger partial charge in [0.1, 0.15) is 5.60 Å². The maximum absolute atomic E-state index is 11.3. The fourth-order valence-electron chi connectivity index (χ4n) is 0.917. The summed E-state index contributed by atoms with van der Waals surface area (Å²) in [5.74, 6) is -0.605. The Hall–Kier alpha value is -1.10. The molecule has 0 atom stereocenters. The first-order valence-corrected chi connectivity index (χ1v) is 5.58. The number of hydrogen-bond acceptors (Lipinski definition) is 3. The molecular formula is C11H12Cl2N2O2. The summed E-state index contributed by atoms with van der Waals surface area (Å²) in [6.45, 7) is 2.73. The first-order chi connectivity index (χ1) is 7.82. The molecule has 0 aliphatic rings. The minimum Gasteiger partial charge on any atom is -0.381 e. The van der Waals surface area contributed by atoms with Gasteiger partial charge in [-0.05, 0) is 19.9 Å². The number of amides is 1. The molecule has 92 valence electrons. The number of halogens is 2. The van der Waals surface area contributed by atoms with Crippen LogP contribution in [0.25, 0.3) is 0 Å². The predicted octanol–water partition coefficient (Wildman–Crippen LogP) is 2.21. The number of nitrogens with one attached hydrogen (secondary N) is 1. The maximum atomic E-state index is 11.3. The maximum Gasteiger partial charge on any atom is 0.271 e. The second-order valence-electron chi connectivity index (χ2n) is 3.90. The summed E-state index contributed by atoms with van der Waals surface area (Å²) < 4.78 is 0. The van der Waals surface area contributed by atoms with E-state index in [1.165, 1.54) is 20.1 Å². The molecule has 0 fully saturated rings. The molecule has 1 aromatic carbocycles. The molecule has 4 nitrogen and oxygen atoms in total. The quantitative estimate of drug-likeness (QED) is 0.656. The summed E-state index contributed by atoms with van der Waals surface area (Å²) in [5, 5.41) is 13.8. The van der Waals surface area contributed by atoms with Gasteiger partial charge in [0.15, 0.2) is 0 Å². The van der Waals surface area contributed by atoms with Gasteiger partial charge in [0.25, 0.3) is 5.91 Å². The van der Waals surface area contributed by atoms with Crippen LogP contribution in [0.2, 0.25) is 10.0 Å². The lowest BCUT2D eigenvalue weighted by atomic mass is 10.1. The number of carbonyl (C=O) groups is 1. The van der Waals surface area contributed by atoms with E-state index in [4.69, 9.17) is 23.2 Å². The van der Waals surface area contributed by atoms with Crippen molar-refractivity contribution in [3.63, 3.8) is 0 Å². The molecule has 1 rings (SSSR count). The van der Waals surface area contributed by atoms with Crippen LogP contribution in [-0.2, 0) is 4.79 Å². The summed E-state index contributed by atoms with van der Waals surface area (Å²) in [7, 11) is 0. The lowest BCUT2D eigenvalue weighted by molar-refractivity contribution is -0.136. The Labute approximate surface area is 109 Å². The third-order valence-electron chi connectivity index (χ3n) is 1.91. The van der Waals surface area contributed by atoms with Crippen molar-refractivity contribution in [3.8, 4) is 0 Å². The second kappa shape index (κ2) is 5.49. The van der Waals surface area contributed by atoms with Crippen molar-refractivity contribution in [1.29, 1.82) is 0 Å². The Morgan fingerprint density at radius 1 is 1.47 bits per heavy atom. The van der Waals surface area contributed by atoms with Crippen LogP contribution in [0.15, 0.2) is 23.3 Å². The molecule has 0 saturated heterocycles. The fraction of sp³-hybridized carbons (Fsp3) is 0.273. The fourth-order valence-corrected chi connectivity index (χ4v) is 1.27. The van der Waals surface area contributed by atoms with Gasteiger partial charge in [0.2, 0.25) is 0 Å². The highest BCUT2D eigenvalue weighted by Crippen LogP contribution is 2.24. The third-order valence-corrected chi connectivity index (χ3v) is 2.74. The third kappa shape index (κ3) is 4.00. The molecule has 0 aliphatic heterocycles. The van der Waals surface area contributed by atoms with Crippen LogP contribution in [0.1, 0.15) is 19.4 Å². The van der Waals surface area contributed by atoms with Crippen molar-refractivity contribution in [2.75, 3.05) is 0 Å². The van der Waals surface area contributed by atoms with Crippen LogP contribution in [0.4, 0.5) is 0 Å². The molecule has 17 heavy (non-hydrogen) atoms. The standard InChI is InChI=1S/C11H12Cl2N2O2/c1-11(2,17)10(16)15-14-6-7-4-3-5-8(12)9(7)13/h3-6,17H,1-2H3,(H,15,16). The first kappa shape index (κ1) is 14.0. The lowest BCUT2D eigenvalue weighted by Crippen LogP contribution is -2.39. The van der Waals surface area contributed by atoms with Gasteiger partial charge in [0, 0.05) is 5.56 Å². The minimum absolute atomic E-state index is 0.357. The van der Waals surface area contributed by atoms with Gasteiger partial charge in [0.05, 0.1) is 16.3 Å². The molecule has 0 heterocycles. The number of aliphatic hydroxyl groups is 1. The van der Waals surface area contributed by atoms with E-state index in [1.807, 2.05) is 0 Å². The summed E-state index contributed by atoms with van der Waals surface area (Å²) >= 11 is 11.7. The number of benzene rings is 1. The Morgan fingerprint density at radius 2 is 2.12 bits per heavy atom. The van der Waals surface area contributed by atoms with Crippen molar-refractivity contribution < 1.29 is 9.90 Å². The number of nitrogens with zero attached hydrogens (tertiary/aromatic N) is 1. The van der Waals surface area contributed by atoms with Crippen molar-refractivity contribution >= 4 is 35.3 Å². The average molecular weight is 275 g/mol. The number of carbonyl (C=O) groups excluding carboxylic acids is 1. The van der Waals surface area contributed by atoms with Crippen LogP contribution in [-0.4, -0.2) is 22.8 Å². The van der Waals surface area contributed by atoms with Gasteiger partial charge in [-0.1, -0.05) is 35.3 Å². The van der Waals surface area contributed by atoms with E-state index in [1.54, 1.807) is 18.2 Å². The van der Waals surface area contributed by atoms with Crippen LogP contribution in [0.3, 0.4) is 0 Å². The minimum atomic E-state index is -1.48. The predicted molar refractivity (Wildman–Crippen MR) is 68.5 cm³/mol. The van der Waals surface area contributed by atoms with Crippen molar-refractivity contribution in [3.05, 3.63) is 33.8 Å². The Balaban J connectivity index is 2.73. The summed E-state index contributed by atoms with van der Waals surface area (Å²) in [4.78, 5) is 11.3. The zero-order chi connectivity index (χ0) is 13.1. The SMILES string of the molecule is CC(C)(O)C(=O)NN=Cc1cccc(Cl)c1Cl. The van der Waals surface area contributed by atoms with Crippen LogP contribution in [0, 0.1) is 0 Å². The van der Waals surface area contributed by atoms with Crippen molar-refractivity contribution in [2.24, 2.45) is 5.10 Å². The van der Waals surface area contributed by atoms with Gasteiger partial charge >= 0.3 is 0 Å². The monoisotopic (exact) mass is 274 g/mol. The molecule has 0 unspecified atom stereocenters. The van der Waals surface area contributed by atoms with Crippen molar-refractivity contribution in [1.82, 2.24) is 5.43 Å². The average Bonchev–Trinajstić information content (AvgIpc) is 2.22. The van der Waals surface area contributed by atoms with E-state index in [0.717, 1.165) is 0 Å². The molecule has 0 aromatic heterocycles. The van der Waals surface area contributed by atoms with E-state index in [2.05, 4.69) is 10.5 Å². The highest BCUT2D eigenvalue weighted by molar-refractivity contribution is 6.43. The highest BCUT2D eigenvalue weighted by Gasteiger charge is 2.22. The van der Waals surface area contributed by atoms with Gasteiger partial charge < -0.3 is 5.11 Å². The summed E-state index contributed by atoms with van der Waals surface area (Å²) in [6, 6.07) is 5.07. The van der Waals surface area contributed by atoms with Crippen LogP contribution < -0.4 is 5.43 Å². The van der Waals surface area contributed by atoms with Gasteiger partial charge in [-0.2, -0.15) is 5.10 Å². The zero-order valence-corrected chi connectivity index (χ0v) is 10.9. The van der Waals surface area contributed by atoms with E-state index in [-0.39, 0.29) is 0 Å². The molecule has 0 radical (unpaired) electrons.